The molecular weight excluding hydrogens is 439 g/mol. The molecule has 1 atom stereocenters. The maximum atomic E-state index is 15.6. The van der Waals surface area contributed by atoms with Crippen LogP contribution in [0.4, 0.5) is 13.2 Å². The fourth-order valence-corrected chi connectivity index (χ4v) is 4.42. The summed E-state index contributed by atoms with van der Waals surface area (Å²) >= 11 is 0. The van der Waals surface area contributed by atoms with Gasteiger partial charge in [0.25, 0.3) is 12.3 Å². The van der Waals surface area contributed by atoms with Gasteiger partial charge in [0.2, 0.25) is 5.95 Å². The van der Waals surface area contributed by atoms with Crippen molar-refractivity contribution in [3.63, 3.8) is 0 Å². The molecule has 0 aliphatic heterocycles. The molecule has 1 fully saturated rings. The van der Waals surface area contributed by atoms with Crippen molar-refractivity contribution in [2.45, 2.75) is 71.5 Å². The Bertz CT molecular complexity index is 1170. The predicted molar refractivity (Wildman–Crippen MR) is 126 cm³/mol. The van der Waals surface area contributed by atoms with Crippen LogP contribution in [-0.2, 0) is 6.54 Å². The monoisotopic (exact) mass is 469 g/mol. The first-order valence-corrected chi connectivity index (χ1v) is 11.7. The molecule has 4 nitrogen and oxygen atoms in total. The van der Waals surface area contributed by atoms with E-state index in [4.69, 9.17) is 0 Å². The minimum absolute atomic E-state index is 0.0900. The molecule has 0 bridgehead atoms. The van der Waals surface area contributed by atoms with E-state index in [1.165, 1.54) is 0 Å². The lowest BCUT2D eigenvalue weighted by molar-refractivity contribution is 0.0711. The number of hydrogen-bond donors (Lipinski definition) is 0. The number of carbonyl (C=O) groups excluding carboxylic acids is 1. The summed E-state index contributed by atoms with van der Waals surface area (Å²) in [6.07, 6.45) is -1.52. The third kappa shape index (κ3) is 4.74. The molecule has 0 saturated heterocycles. The highest BCUT2D eigenvalue weighted by Gasteiger charge is 2.39. The van der Waals surface area contributed by atoms with Gasteiger partial charge >= 0.3 is 0 Å². The van der Waals surface area contributed by atoms with E-state index >= 15 is 4.39 Å². The highest BCUT2D eigenvalue weighted by Crippen LogP contribution is 2.35. The Balaban J connectivity index is 1.74. The molecule has 7 heteroatoms. The molecule has 1 aliphatic rings. The fourth-order valence-electron chi connectivity index (χ4n) is 4.42. The van der Waals surface area contributed by atoms with Gasteiger partial charge in [-0.25, -0.2) is 13.5 Å². The summed E-state index contributed by atoms with van der Waals surface area (Å²) in [7, 11) is 0. The lowest BCUT2D eigenvalue weighted by Crippen LogP contribution is -2.34. The first-order chi connectivity index (χ1) is 16.2. The van der Waals surface area contributed by atoms with Crippen LogP contribution in [0.15, 0.2) is 48.5 Å². The van der Waals surface area contributed by atoms with Gasteiger partial charge in [-0.3, -0.25) is 4.79 Å². The van der Waals surface area contributed by atoms with Gasteiger partial charge in [-0.2, -0.15) is 9.49 Å². The van der Waals surface area contributed by atoms with Crippen LogP contribution in [0.1, 0.15) is 90.3 Å². The van der Waals surface area contributed by atoms with Crippen molar-refractivity contribution in [2.24, 2.45) is 0 Å². The van der Waals surface area contributed by atoms with Crippen LogP contribution in [-0.4, -0.2) is 26.6 Å². The van der Waals surface area contributed by atoms with Gasteiger partial charge in [-0.05, 0) is 49.3 Å². The summed E-state index contributed by atoms with van der Waals surface area (Å²) in [4.78, 5) is 15.2. The molecule has 0 radical (unpaired) electrons. The second-order valence-corrected chi connectivity index (χ2v) is 9.40. The number of aromatic nitrogens is 2. The molecule has 2 aromatic carbocycles. The number of amides is 1. The van der Waals surface area contributed by atoms with Crippen LogP contribution in [0.5, 0.6) is 0 Å². The molecule has 0 N–H and O–H groups in total. The minimum atomic E-state index is -3.07. The third-order valence-corrected chi connectivity index (χ3v) is 6.46. The van der Waals surface area contributed by atoms with Crippen LogP contribution in [0, 0.1) is 12.9 Å². The molecule has 1 aromatic heterocycles. The van der Waals surface area contributed by atoms with Crippen molar-refractivity contribution in [1.82, 2.24) is 14.7 Å². The number of aryl methyl sites for hydroxylation is 1. The van der Waals surface area contributed by atoms with Gasteiger partial charge in [-0.1, -0.05) is 67.9 Å². The fraction of sp³-hybridized carbons (Fsp3) is 0.407. The normalized spacial score (nSPS) is 14.6. The molecule has 180 valence electrons. The zero-order valence-electron chi connectivity index (χ0n) is 19.9. The molecule has 4 rings (SSSR count). The molecule has 34 heavy (non-hydrogen) atoms. The van der Waals surface area contributed by atoms with Gasteiger partial charge < -0.3 is 4.90 Å². The summed E-state index contributed by atoms with van der Waals surface area (Å²) in [5, 5.41) is 3.88. The van der Waals surface area contributed by atoms with E-state index in [0.29, 0.717) is 5.56 Å². The predicted octanol–water partition coefficient (Wildman–Crippen LogP) is 6.81. The quantitative estimate of drug-likeness (QED) is 0.364. The Morgan fingerprint density at radius 1 is 1.12 bits per heavy atom. The lowest BCUT2D eigenvalue weighted by Gasteiger charge is -2.25. The molecule has 3 aromatic rings. The largest absolute Gasteiger partial charge is 0.331 e. The molecule has 1 saturated carbocycles. The average Bonchev–Trinajstić information content (AvgIpc) is 3.58. The van der Waals surface area contributed by atoms with Crippen LogP contribution >= 0.6 is 0 Å². The topological polar surface area (TPSA) is 38.1 Å². The van der Waals surface area contributed by atoms with Crippen LogP contribution in [0.2, 0.25) is 0 Å². The van der Waals surface area contributed by atoms with Crippen LogP contribution in [0.3, 0.4) is 0 Å². The number of alkyl halides is 2. The highest BCUT2D eigenvalue weighted by atomic mass is 19.3. The van der Waals surface area contributed by atoms with E-state index in [1.54, 1.807) is 36.1 Å². The third-order valence-electron chi connectivity index (χ3n) is 6.46. The number of hydrogen-bond acceptors (Lipinski definition) is 2. The summed E-state index contributed by atoms with van der Waals surface area (Å²) in [5.74, 6) is -1.51. The molecule has 1 unspecified atom stereocenters. The van der Waals surface area contributed by atoms with Crippen LogP contribution < -0.4 is 0 Å². The number of benzene rings is 2. The Kier molecular flexibility index (Phi) is 6.82. The van der Waals surface area contributed by atoms with Crippen molar-refractivity contribution in [3.05, 3.63) is 88.0 Å². The Morgan fingerprint density at radius 3 is 2.38 bits per heavy atom. The number of halogens is 3. The van der Waals surface area contributed by atoms with Gasteiger partial charge in [0.1, 0.15) is 11.3 Å². The second kappa shape index (κ2) is 9.65. The van der Waals surface area contributed by atoms with E-state index in [-0.39, 0.29) is 18.5 Å². The van der Waals surface area contributed by atoms with Crippen molar-refractivity contribution in [2.75, 3.05) is 0 Å². The van der Waals surface area contributed by atoms with Gasteiger partial charge in [0, 0.05) is 12.6 Å². The average molecular weight is 470 g/mol. The molecule has 1 heterocycles. The maximum absolute atomic E-state index is 15.6. The first-order valence-electron chi connectivity index (χ1n) is 11.7. The van der Waals surface area contributed by atoms with E-state index in [1.807, 2.05) is 31.2 Å². The number of nitrogens with zero attached hydrogens (tertiary/aromatic N) is 3. The first kappa shape index (κ1) is 24.0. The van der Waals surface area contributed by atoms with E-state index in [0.717, 1.165) is 34.2 Å². The van der Waals surface area contributed by atoms with Crippen molar-refractivity contribution < 1.29 is 18.0 Å². The van der Waals surface area contributed by atoms with E-state index < -0.39 is 35.6 Å². The zero-order chi connectivity index (χ0) is 24.6. The van der Waals surface area contributed by atoms with Crippen molar-refractivity contribution in [1.29, 1.82) is 0 Å². The molecule has 1 aliphatic carbocycles. The Morgan fingerprint density at radius 2 is 1.79 bits per heavy atom. The second-order valence-electron chi connectivity index (χ2n) is 9.40. The van der Waals surface area contributed by atoms with Gasteiger partial charge in [-0.15, -0.1) is 0 Å². The Labute approximate surface area is 198 Å². The highest BCUT2D eigenvalue weighted by molar-refractivity contribution is 5.96. The van der Waals surface area contributed by atoms with Gasteiger partial charge in [0.05, 0.1) is 6.04 Å². The van der Waals surface area contributed by atoms with Crippen molar-refractivity contribution in [3.8, 4) is 0 Å². The lowest BCUT2D eigenvalue weighted by atomic mass is 9.95. The smallest absolute Gasteiger partial charge is 0.283 e. The number of rotatable bonds is 8. The van der Waals surface area contributed by atoms with E-state index in [9.17, 15) is 13.6 Å². The standard InChI is InChI=1S/C27H30F3N3O/c1-16(2)22-13-10-17(3)14-20(22)15-32(21-11-12-21)27(34)23-24(25(28)29)31-33(26(23)30)18(4)19-8-6-5-7-9-19/h5-10,13-14,16,18,21,25H,11-12,15H2,1-4H3. The van der Waals surface area contributed by atoms with Gasteiger partial charge in [0.15, 0.2) is 0 Å². The Hall–Kier alpha value is -3.09. The van der Waals surface area contributed by atoms with Crippen molar-refractivity contribution >= 4 is 5.91 Å². The summed E-state index contributed by atoms with van der Waals surface area (Å²) in [6, 6.07) is 14.3. The summed E-state index contributed by atoms with van der Waals surface area (Å²) in [5.41, 5.74) is 2.38. The molecule has 1 amide bonds. The molecule has 0 spiro atoms. The minimum Gasteiger partial charge on any atom is -0.331 e. The summed E-state index contributed by atoms with van der Waals surface area (Å²) < 4.78 is 44.4. The van der Waals surface area contributed by atoms with E-state index in [2.05, 4.69) is 18.9 Å². The summed E-state index contributed by atoms with van der Waals surface area (Å²) in [6.45, 7) is 8.04. The number of carbonyl (C=O) groups is 1. The zero-order valence-corrected chi connectivity index (χ0v) is 19.9. The van der Waals surface area contributed by atoms with Crippen LogP contribution in [0.25, 0.3) is 0 Å². The SMILES string of the molecule is Cc1ccc(C(C)C)c(CN(C(=O)c2c(C(F)F)nn(C(C)c3ccccc3)c2F)C2CC2)c1. The maximum Gasteiger partial charge on any atom is 0.283 e. The molecular formula is C27H30F3N3O.